The first-order valence-corrected chi connectivity index (χ1v) is 6.39. The molecule has 0 aliphatic heterocycles. The van der Waals surface area contributed by atoms with Gasteiger partial charge in [0.25, 0.3) is 5.91 Å². The van der Waals surface area contributed by atoms with Crippen molar-refractivity contribution in [3.05, 3.63) is 42.2 Å². The van der Waals surface area contributed by atoms with Gasteiger partial charge in [0.05, 0.1) is 30.2 Å². The third-order valence-corrected chi connectivity index (χ3v) is 3.00. The third kappa shape index (κ3) is 3.22. The molecule has 0 atom stereocenters. The molecule has 0 unspecified atom stereocenters. The van der Waals surface area contributed by atoms with E-state index in [0.717, 1.165) is 5.69 Å². The molecule has 1 heterocycles. The zero-order valence-corrected chi connectivity index (χ0v) is 12.3. The van der Waals surface area contributed by atoms with Crippen LogP contribution in [-0.4, -0.2) is 32.1 Å². The molecule has 21 heavy (non-hydrogen) atoms. The summed E-state index contributed by atoms with van der Waals surface area (Å²) in [5.74, 6) is 0.158. The van der Waals surface area contributed by atoms with Crippen LogP contribution < -0.4 is 20.7 Å². The van der Waals surface area contributed by atoms with Gasteiger partial charge in [-0.15, -0.1) is 0 Å². The van der Waals surface area contributed by atoms with E-state index in [9.17, 15) is 4.79 Å². The summed E-state index contributed by atoms with van der Waals surface area (Å²) in [5, 5.41) is 2.84. The first-order valence-electron chi connectivity index (χ1n) is 6.39. The van der Waals surface area contributed by atoms with Gasteiger partial charge >= 0.3 is 0 Å². The van der Waals surface area contributed by atoms with E-state index in [1.807, 2.05) is 25.1 Å². The van der Waals surface area contributed by atoms with Gasteiger partial charge in [-0.1, -0.05) is 0 Å². The van der Waals surface area contributed by atoms with Crippen molar-refractivity contribution < 1.29 is 9.53 Å². The average molecular weight is 286 g/mol. The fraction of sp³-hybridized carbons (Fsp3) is 0.200. The van der Waals surface area contributed by atoms with E-state index in [1.54, 1.807) is 30.6 Å². The van der Waals surface area contributed by atoms with Crippen LogP contribution in [0.2, 0.25) is 0 Å². The molecular formula is C15H18N4O2. The number of hydrogen-bond donors (Lipinski definition) is 2. The van der Waals surface area contributed by atoms with Gasteiger partial charge in [0.2, 0.25) is 0 Å². The zero-order chi connectivity index (χ0) is 15.4. The Morgan fingerprint density at radius 1 is 1.33 bits per heavy atom. The number of amides is 1. The van der Waals surface area contributed by atoms with Crippen molar-refractivity contribution in [2.75, 3.05) is 37.2 Å². The second-order valence-electron chi connectivity index (χ2n) is 4.70. The predicted molar refractivity (Wildman–Crippen MR) is 83.9 cm³/mol. The number of hydrogen-bond acceptors (Lipinski definition) is 5. The molecular weight excluding hydrogens is 268 g/mol. The summed E-state index contributed by atoms with van der Waals surface area (Å²) in [5.41, 5.74) is 8.15. The van der Waals surface area contributed by atoms with Gasteiger partial charge in [0.1, 0.15) is 5.75 Å². The Bertz CT molecular complexity index is 656. The topological polar surface area (TPSA) is 80.5 Å². The van der Waals surface area contributed by atoms with E-state index in [4.69, 9.17) is 10.5 Å². The molecule has 6 heteroatoms. The van der Waals surface area contributed by atoms with Crippen LogP contribution in [0.4, 0.5) is 17.1 Å². The molecule has 0 saturated heterocycles. The fourth-order valence-corrected chi connectivity index (χ4v) is 1.96. The van der Waals surface area contributed by atoms with Crippen molar-refractivity contribution in [1.29, 1.82) is 0 Å². The van der Waals surface area contributed by atoms with E-state index in [-0.39, 0.29) is 5.91 Å². The number of benzene rings is 1. The normalized spacial score (nSPS) is 10.0. The van der Waals surface area contributed by atoms with Crippen LogP contribution in [0.5, 0.6) is 5.75 Å². The van der Waals surface area contributed by atoms with Gasteiger partial charge in [-0.05, 0) is 18.2 Å². The maximum Gasteiger partial charge on any atom is 0.259 e. The summed E-state index contributed by atoms with van der Waals surface area (Å²) in [7, 11) is 5.30. The number of carbonyl (C=O) groups excluding carboxylic acids is 1. The minimum atomic E-state index is -0.275. The minimum absolute atomic E-state index is 0.275. The molecule has 1 aromatic carbocycles. The van der Waals surface area contributed by atoms with Crippen LogP contribution in [0.3, 0.4) is 0 Å². The highest BCUT2D eigenvalue weighted by Crippen LogP contribution is 2.26. The molecule has 2 aromatic rings. The standard InChI is InChI=1S/C15H18N4O2/c1-19(2)13-6-7-17-9-12(13)18-15(20)11-5-4-10(16)8-14(11)21-3/h4-9H,16H2,1-3H3,(H,18,20). The number of anilines is 3. The highest BCUT2D eigenvalue weighted by molar-refractivity contribution is 6.07. The van der Waals surface area contributed by atoms with Crippen molar-refractivity contribution in [3.63, 3.8) is 0 Å². The van der Waals surface area contributed by atoms with Crippen LogP contribution >= 0.6 is 0 Å². The minimum Gasteiger partial charge on any atom is -0.496 e. The molecule has 6 nitrogen and oxygen atoms in total. The zero-order valence-electron chi connectivity index (χ0n) is 12.3. The number of nitrogen functional groups attached to an aromatic ring is 1. The molecule has 0 aliphatic carbocycles. The number of carbonyl (C=O) groups is 1. The van der Waals surface area contributed by atoms with Gasteiger partial charge in [0.15, 0.2) is 0 Å². The van der Waals surface area contributed by atoms with Crippen molar-refractivity contribution in [2.45, 2.75) is 0 Å². The van der Waals surface area contributed by atoms with Crippen molar-refractivity contribution in [3.8, 4) is 5.75 Å². The highest BCUT2D eigenvalue weighted by Gasteiger charge is 2.15. The number of nitrogens with one attached hydrogen (secondary N) is 1. The summed E-state index contributed by atoms with van der Waals surface area (Å²) in [6.07, 6.45) is 3.28. The van der Waals surface area contributed by atoms with E-state index in [1.165, 1.54) is 7.11 Å². The van der Waals surface area contributed by atoms with Gasteiger partial charge < -0.3 is 20.7 Å². The summed E-state index contributed by atoms with van der Waals surface area (Å²) in [6.45, 7) is 0. The largest absolute Gasteiger partial charge is 0.496 e. The number of nitrogens with two attached hydrogens (primary N) is 1. The molecule has 0 aliphatic rings. The Kier molecular flexibility index (Phi) is 4.27. The van der Waals surface area contributed by atoms with Gasteiger partial charge in [-0.25, -0.2) is 0 Å². The number of pyridine rings is 1. The lowest BCUT2D eigenvalue weighted by Gasteiger charge is -2.17. The lowest BCUT2D eigenvalue weighted by Crippen LogP contribution is -2.17. The molecule has 0 spiro atoms. The van der Waals surface area contributed by atoms with Crippen LogP contribution in [0.15, 0.2) is 36.7 Å². The Morgan fingerprint density at radius 2 is 2.10 bits per heavy atom. The van der Waals surface area contributed by atoms with E-state index in [2.05, 4.69) is 10.3 Å². The van der Waals surface area contributed by atoms with Crippen LogP contribution in [-0.2, 0) is 0 Å². The number of nitrogens with zero attached hydrogens (tertiary/aromatic N) is 2. The van der Waals surface area contributed by atoms with Crippen LogP contribution in [0, 0.1) is 0 Å². The van der Waals surface area contributed by atoms with E-state index >= 15 is 0 Å². The molecule has 1 aromatic heterocycles. The molecule has 0 bridgehead atoms. The number of aromatic nitrogens is 1. The fourth-order valence-electron chi connectivity index (χ4n) is 1.96. The predicted octanol–water partition coefficient (Wildman–Crippen LogP) is 1.99. The first kappa shape index (κ1) is 14.6. The Morgan fingerprint density at radius 3 is 2.76 bits per heavy atom. The van der Waals surface area contributed by atoms with Crippen LogP contribution in [0.1, 0.15) is 10.4 Å². The van der Waals surface area contributed by atoms with Gasteiger partial charge in [-0.2, -0.15) is 0 Å². The summed E-state index contributed by atoms with van der Waals surface area (Å²) < 4.78 is 5.20. The first-order chi connectivity index (χ1) is 10.0. The Balaban J connectivity index is 2.31. The quantitative estimate of drug-likeness (QED) is 0.840. The van der Waals surface area contributed by atoms with E-state index in [0.29, 0.717) is 22.7 Å². The monoisotopic (exact) mass is 286 g/mol. The van der Waals surface area contributed by atoms with Crippen LogP contribution in [0.25, 0.3) is 0 Å². The average Bonchev–Trinajstić information content (AvgIpc) is 2.47. The van der Waals surface area contributed by atoms with Crippen molar-refractivity contribution in [1.82, 2.24) is 4.98 Å². The Hall–Kier alpha value is -2.76. The summed E-state index contributed by atoms with van der Waals surface area (Å²) in [6, 6.07) is 6.74. The second-order valence-corrected chi connectivity index (χ2v) is 4.70. The lowest BCUT2D eigenvalue weighted by molar-refractivity contribution is 0.102. The number of rotatable bonds is 4. The van der Waals surface area contributed by atoms with Gasteiger partial charge in [-0.3, -0.25) is 9.78 Å². The molecule has 3 N–H and O–H groups in total. The molecule has 1 amide bonds. The molecule has 0 radical (unpaired) electrons. The molecule has 110 valence electrons. The van der Waals surface area contributed by atoms with E-state index < -0.39 is 0 Å². The summed E-state index contributed by atoms with van der Waals surface area (Å²) in [4.78, 5) is 18.3. The van der Waals surface area contributed by atoms with Crippen molar-refractivity contribution >= 4 is 23.0 Å². The van der Waals surface area contributed by atoms with Crippen molar-refractivity contribution in [2.24, 2.45) is 0 Å². The highest BCUT2D eigenvalue weighted by atomic mass is 16.5. The third-order valence-electron chi connectivity index (χ3n) is 3.00. The molecule has 2 rings (SSSR count). The smallest absolute Gasteiger partial charge is 0.259 e. The lowest BCUT2D eigenvalue weighted by atomic mass is 10.1. The summed E-state index contributed by atoms with van der Waals surface area (Å²) >= 11 is 0. The Labute approximate surface area is 123 Å². The number of ether oxygens (including phenoxy) is 1. The number of methoxy groups -OCH3 is 1. The van der Waals surface area contributed by atoms with Gasteiger partial charge in [0, 0.05) is 32.0 Å². The maximum absolute atomic E-state index is 12.4. The maximum atomic E-state index is 12.4. The molecule has 0 fully saturated rings. The SMILES string of the molecule is COc1cc(N)ccc1C(=O)Nc1cnccc1N(C)C. The molecule has 0 saturated carbocycles. The second kappa shape index (κ2) is 6.13.